The molecule has 0 aliphatic carbocycles. The van der Waals surface area contributed by atoms with Crippen LogP contribution in [0.2, 0.25) is 0 Å². The summed E-state index contributed by atoms with van der Waals surface area (Å²) in [6, 6.07) is 15.8. The molecule has 0 radical (unpaired) electrons. The summed E-state index contributed by atoms with van der Waals surface area (Å²) in [5.41, 5.74) is 5.32. The molecule has 0 atom stereocenters. The van der Waals surface area contributed by atoms with Crippen molar-refractivity contribution in [3.05, 3.63) is 60.3 Å². The number of nitrogens with one attached hydrogen (secondary N) is 1. The first-order valence-corrected chi connectivity index (χ1v) is 12.7. The molecule has 1 fully saturated rings. The zero-order valence-corrected chi connectivity index (χ0v) is 20.0. The maximum absolute atomic E-state index is 12.7. The second kappa shape index (κ2) is 10.4. The van der Waals surface area contributed by atoms with E-state index in [0.717, 1.165) is 31.0 Å². The Kier molecular flexibility index (Phi) is 6.89. The number of fused-ring (bicyclic) bond motifs is 2. The van der Waals surface area contributed by atoms with Gasteiger partial charge in [0, 0.05) is 35.8 Å². The van der Waals surface area contributed by atoms with Gasteiger partial charge in [0.25, 0.3) is 5.91 Å². The van der Waals surface area contributed by atoms with E-state index in [1.54, 1.807) is 17.6 Å². The Hall–Kier alpha value is -3.21. The van der Waals surface area contributed by atoms with E-state index in [1.165, 1.54) is 11.8 Å². The Morgan fingerprint density at radius 3 is 2.79 bits per heavy atom. The first-order chi connectivity index (χ1) is 16.7. The highest BCUT2D eigenvalue weighted by atomic mass is 32.2. The van der Waals surface area contributed by atoms with Crippen molar-refractivity contribution in [2.45, 2.75) is 10.9 Å². The molecule has 4 aromatic rings. The first kappa shape index (κ1) is 22.6. The van der Waals surface area contributed by atoms with Gasteiger partial charge >= 0.3 is 0 Å². The van der Waals surface area contributed by atoms with E-state index >= 15 is 0 Å². The number of carbonyl (C=O) groups excluding carboxylic acids is 2. The number of hydrazone groups is 1. The van der Waals surface area contributed by atoms with Gasteiger partial charge in [-0.2, -0.15) is 5.10 Å². The van der Waals surface area contributed by atoms with E-state index < -0.39 is 0 Å². The summed E-state index contributed by atoms with van der Waals surface area (Å²) in [5, 5.41) is 5.12. The third-order valence-electron chi connectivity index (χ3n) is 5.48. The average Bonchev–Trinajstić information content (AvgIpc) is 3.44. The predicted molar refractivity (Wildman–Crippen MR) is 135 cm³/mol. The summed E-state index contributed by atoms with van der Waals surface area (Å²) >= 11 is 2.97. The molecule has 1 aliphatic heterocycles. The standard InChI is InChI=1S/C24H23N5O3S2/c30-22(16-33-24-26-19-6-2-4-8-21(19)34-24)27-25-13-17-14-29(20-7-3-1-5-18(17)20)15-23(31)28-9-11-32-12-10-28/h1-8,13-14H,9-12,15-16H2,(H,27,30)/b25-13-. The Bertz CT molecular complexity index is 1320. The molecule has 2 amide bonds. The molecule has 10 heteroatoms. The van der Waals surface area contributed by atoms with Crippen molar-refractivity contribution in [3.63, 3.8) is 0 Å². The molecule has 0 spiro atoms. The summed E-state index contributed by atoms with van der Waals surface area (Å²) in [6.45, 7) is 2.64. The summed E-state index contributed by atoms with van der Waals surface area (Å²) in [6.07, 6.45) is 3.52. The van der Waals surface area contributed by atoms with Crippen LogP contribution in [0.15, 0.2) is 64.2 Å². The number of rotatable bonds is 7. The van der Waals surface area contributed by atoms with Gasteiger partial charge in [-0.05, 0) is 18.2 Å². The smallest absolute Gasteiger partial charge is 0.250 e. The SMILES string of the molecule is O=C(CSc1nc2ccccc2s1)N/N=C\c1cn(CC(=O)N2CCOCC2)c2ccccc12. The molecular weight excluding hydrogens is 470 g/mol. The van der Waals surface area contributed by atoms with Gasteiger partial charge in [0.2, 0.25) is 5.91 Å². The second-order valence-electron chi connectivity index (χ2n) is 7.75. The largest absolute Gasteiger partial charge is 0.378 e. The van der Waals surface area contributed by atoms with E-state index in [9.17, 15) is 9.59 Å². The molecule has 5 rings (SSSR count). The number of morpholine rings is 1. The number of amides is 2. The van der Waals surface area contributed by atoms with Gasteiger partial charge in [-0.1, -0.05) is 42.1 Å². The predicted octanol–water partition coefficient (Wildman–Crippen LogP) is 3.35. The molecule has 174 valence electrons. The fourth-order valence-corrected chi connectivity index (χ4v) is 5.67. The molecule has 0 bridgehead atoms. The molecule has 1 aliphatic rings. The van der Waals surface area contributed by atoms with Crippen LogP contribution in [0.4, 0.5) is 0 Å². The Labute approximate surface area is 204 Å². The van der Waals surface area contributed by atoms with Crippen LogP contribution in [-0.2, 0) is 20.9 Å². The van der Waals surface area contributed by atoms with Crippen LogP contribution in [0.25, 0.3) is 21.1 Å². The normalized spacial score (nSPS) is 14.3. The lowest BCUT2D eigenvalue weighted by atomic mass is 10.2. The molecule has 1 N–H and O–H groups in total. The summed E-state index contributed by atoms with van der Waals surface area (Å²) in [7, 11) is 0. The van der Waals surface area contributed by atoms with Gasteiger partial charge in [-0.3, -0.25) is 9.59 Å². The van der Waals surface area contributed by atoms with Gasteiger partial charge in [-0.15, -0.1) is 11.3 Å². The van der Waals surface area contributed by atoms with Crippen LogP contribution in [0, 0.1) is 0 Å². The van der Waals surface area contributed by atoms with Crippen molar-refractivity contribution < 1.29 is 14.3 Å². The number of thiazole rings is 1. The fraction of sp³-hybridized carbons (Fsp3) is 0.250. The van der Waals surface area contributed by atoms with Gasteiger partial charge in [0.15, 0.2) is 4.34 Å². The summed E-state index contributed by atoms with van der Waals surface area (Å²) in [4.78, 5) is 31.4. The minimum Gasteiger partial charge on any atom is -0.378 e. The van der Waals surface area contributed by atoms with Crippen molar-refractivity contribution in [2.24, 2.45) is 5.10 Å². The Morgan fingerprint density at radius 1 is 1.15 bits per heavy atom. The number of aromatic nitrogens is 2. The van der Waals surface area contributed by atoms with Crippen LogP contribution in [-0.4, -0.2) is 64.5 Å². The van der Waals surface area contributed by atoms with Crippen molar-refractivity contribution >= 4 is 62.2 Å². The third-order valence-corrected chi connectivity index (χ3v) is 7.66. The zero-order chi connectivity index (χ0) is 23.3. The highest BCUT2D eigenvalue weighted by molar-refractivity contribution is 8.01. The molecule has 0 saturated carbocycles. The maximum atomic E-state index is 12.7. The zero-order valence-electron chi connectivity index (χ0n) is 18.3. The number of hydrogen-bond donors (Lipinski definition) is 1. The van der Waals surface area contributed by atoms with Gasteiger partial charge in [-0.25, -0.2) is 10.4 Å². The molecule has 2 aromatic heterocycles. The second-order valence-corrected chi connectivity index (χ2v) is 10.0. The van der Waals surface area contributed by atoms with Crippen molar-refractivity contribution in [1.82, 2.24) is 19.9 Å². The van der Waals surface area contributed by atoms with E-state index in [2.05, 4.69) is 15.5 Å². The van der Waals surface area contributed by atoms with E-state index in [4.69, 9.17) is 4.74 Å². The van der Waals surface area contributed by atoms with Crippen LogP contribution in [0.1, 0.15) is 5.56 Å². The molecule has 0 unspecified atom stereocenters. The number of hydrogen-bond acceptors (Lipinski definition) is 7. The fourth-order valence-electron chi connectivity index (χ4n) is 3.81. The monoisotopic (exact) mass is 493 g/mol. The van der Waals surface area contributed by atoms with Crippen LogP contribution < -0.4 is 5.43 Å². The number of ether oxygens (including phenoxy) is 1. The lowest BCUT2D eigenvalue weighted by Crippen LogP contribution is -2.42. The highest BCUT2D eigenvalue weighted by Crippen LogP contribution is 2.29. The highest BCUT2D eigenvalue weighted by Gasteiger charge is 2.18. The van der Waals surface area contributed by atoms with Gasteiger partial charge in [0.1, 0.15) is 6.54 Å². The molecule has 8 nitrogen and oxygen atoms in total. The Morgan fingerprint density at radius 2 is 1.94 bits per heavy atom. The van der Waals surface area contributed by atoms with Gasteiger partial charge < -0.3 is 14.2 Å². The lowest BCUT2D eigenvalue weighted by molar-refractivity contribution is -0.135. The minimum absolute atomic E-state index is 0.0627. The number of thioether (sulfide) groups is 1. The van der Waals surface area contributed by atoms with Crippen LogP contribution >= 0.6 is 23.1 Å². The maximum Gasteiger partial charge on any atom is 0.250 e. The summed E-state index contributed by atoms with van der Waals surface area (Å²) < 4.78 is 9.23. The minimum atomic E-state index is -0.202. The number of benzene rings is 2. The number of carbonyl (C=O) groups is 2. The summed E-state index contributed by atoms with van der Waals surface area (Å²) in [5.74, 6) is 0.0897. The van der Waals surface area contributed by atoms with Crippen LogP contribution in [0.3, 0.4) is 0 Å². The molecule has 3 heterocycles. The number of nitrogens with zero attached hydrogens (tertiary/aromatic N) is 4. The van der Waals surface area contributed by atoms with Crippen molar-refractivity contribution in [1.29, 1.82) is 0 Å². The van der Waals surface area contributed by atoms with Crippen LogP contribution in [0.5, 0.6) is 0 Å². The van der Waals surface area contributed by atoms with E-state index in [0.29, 0.717) is 26.3 Å². The quantitative estimate of drug-likeness (QED) is 0.242. The molecule has 2 aromatic carbocycles. The number of para-hydroxylation sites is 2. The molecule has 34 heavy (non-hydrogen) atoms. The van der Waals surface area contributed by atoms with E-state index in [1.807, 2.05) is 64.2 Å². The molecule has 1 saturated heterocycles. The molecular formula is C24H23N5O3S2. The first-order valence-electron chi connectivity index (χ1n) is 10.9. The van der Waals surface area contributed by atoms with Crippen molar-refractivity contribution in [2.75, 3.05) is 32.1 Å². The average molecular weight is 494 g/mol. The van der Waals surface area contributed by atoms with Crippen molar-refractivity contribution in [3.8, 4) is 0 Å². The van der Waals surface area contributed by atoms with E-state index in [-0.39, 0.29) is 24.1 Å². The Balaban J connectivity index is 1.21. The van der Waals surface area contributed by atoms with Gasteiger partial charge in [0.05, 0.1) is 35.4 Å². The lowest BCUT2D eigenvalue weighted by Gasteiger charge is -2.27. The third kappa shape index (κ3) is 5.14. The topological polar surface area (TPSA) is 88.8 Å².